The van der Waals surface area contributed by atoms with E-state index in [1.54, 1.807) is 35.0 Å². The lowest BCUT2D eigenvalue weighted by Gasteiger charge is -2.27. The van der Waals surface area contributed by atoms with Crippen LogP contribution >= 0.6 is 12.2 Å². The van der Waals surface area contributed by atoms with Gasteiger partial charge < -0.3 is 9.67 Å². The van der Waals surface area contributed by atoms with E-state index in [9.17, 15) is 14.4 Å². The number of benzene rings is 1. The summed E-state index contributed by atoms with van der Waals surface area (Å²) in [5, 5.41) is 11.5. The maximum absolute atomic E-state index is 12.6. The quantitative estimate of drug-likeness (QED) is 0.358. The van der Waals surface area contributed by atoms with Crippen LogP contribution in [0, 0.1) is 0 Å². The Morgan fingerprint density at radius 1 is 1.22 bits per heavy atom. The predicted octanol–water partition coefficient (Wildman–Crippen LogP) is 1.99. The first-order chi connectivity index (χ1) is 12.9. The highest BCUT2D eigenvalue weighted by molar-refractivity contribution is 7.80. The molecule has 1 saturated heterocycles. The number of carboxylic acid groups (broad SMARTS) is 1. The van der Waals surface area contributed by atoms with Gasteiger partial charge in [-0.05, 0) is 54.7 Å². The van der Waals surface area contributed by atoms with Crippen LogP contribution in [0.2, 0.25) is 0 Å². The summed E-state index contributed by atoms with van der Waals surface area (Å²) in [6.07, 6.45) is 4.74. The second kappa shape index (κ2) is 7.38. The molecule has 0 radical (unpaired) electrons. The van der Waals surface area contributed by atoms with Crippen molar-refractivity contribution in [1.82, 2.24) is 14.8 Å². The Balaban J connectivity index is 1.98. The molecule has 2 N–H and O–H groups in total. The van der Waals surface area contributed by atoms with E-state index in [0.717, 1.165) is 0 Å². The van der Waals surface area contributed by atoms with Crippen molar-refractivity contribution < 1.29 is 19.5 Å². The highest BCUT2D eigenvalue weighted by Crippen LogP contribution is 2.19. The summed E-state index contributed by atoms with van der Waals surface area (Å²) in [4.78, 5) is 37.1. The Labute approximate surface area is 160 Å². The zero-order valence-corrected chi connectivity index (χ0v) is 14.9. The number of carbonyl (C=O) groups excluding carboxylic acids is 2. The first-order valence-corrected chi connectivity index (χ1v) is 8.34. The van der Waals surface area contributed by atoms with Gasteiger partial charge in [-0.25, -0.2) is 4.79 Å². The monoisotopic (exact) mass is 381 g/mol. The van der Waals surface area contributed by atoms with Gasteiger partial charge in [0.2, 0.25) is 0 Å². The number of nitrogens with one attached hydrogen (secondary N) is 1. The number of nitrogens with zero attached hydrogens (tertiary/aromatic N) is 2. The highest BCUT2D eigenvalue weighted by atomic mass is 32.1. The number of aromatic carboxylic acids is 1. The van der Waals surface area contributed by atoms with Crippen LogP contribution in [0.1, 0.15) is 16.1 Å². The molecule has 1 aliphatic heterocycles. The summed E-state index contributed by atoms with van der Waals surface area (Å²) in [7, 11) is 0. The van der Waals surface area contributed by atoms with Crippen molar-refractivity contribution >= 4 is 41.2 Å². The van der Waals surface area contributed by atoms with Gasteiger partial charge in [-0.1, -0.05) is 6.08 Å². The summed E-state index contributed by atoms with van der Waals surface area (Å²) in [5.41, 5.74) is 1.40. The van der Waals surface area contributed by atoms with Crippen molar-refractivity contribution in [2.75, 3.05) is 6.54 Å². The Hall–Kier alpha value is -3.52. The normalized spacial score (nSPS) is 15.8. The molecule has 1 aromatic heterocycles. The number of rotatable bonds is 5. The third-order valence-corrected chi connectivity index (χ3v) is 4.28. The first-order valence-electron chi connectivity index (χ1n) is 7.93. The van der Waals surface area contributed by atoms with Gasteiger partial charge in [-0.2, -0.15) is 0 Å². The summed E-state index contributed by atoms with van der Waals surface area (Å²) in [6.45, 7) is 3.77. The lowest BCUT2D eigenvalue weighted by atomic mass is 10.1. The maximum Gasteiger partial charge on any atom is 0.335 e. The Bertz CT molecular complexity index is 989. The maximum atomic E-state index is 12.6. The summed E-state index contributed by atoms with van der Waals surface area (Å²) in [5.74, 6) is -2.09. The summed E-state index contributed by atoms with van der Waals surface area (Å²) < 4.78 is 1.74. The van der Waals surface area contributed by atoms with Crippen LogP contribution in [-0.2, 0) is 9.59 Å². The third-order valence-electron chi connectivity index (χ3n) is 3.96. The summed E-state index contributed by atoms with van der Waals surface area (Å²) in [6, 6.07) is 9.76. The van der Waals surface area contributed by atoms with Gasteiger partial charge in [0.15, 0.2) is 5.11 Å². The zero-order valence-electron chi connectivity index (χ0n) is 14.1. The molecule has 0 unspecified atom stereocenters. The van der Waals surface area contributed by atoms with Crippen molar-refractivity contribution in [2.45, 2.75) is 0 Å². The molecule has 27 heavy (non-hydrogen) atoms. The Kier molecular flexibility index (Phi) is 5.00. The molecular formula is C19H15N3O4S. The summed E-state index contributed by atoms with van der Waals surface area (Å²) >= 11 is 5.03. The highest BCUT2D eigenvalue weighted by Gasteiger charge is 2.32. The molecule has 1 fully saturated rings. The third kappa shape index (κ3) is 3.56. The fourth-order valence-corrected chi connectivity index (χ4v) is 2.90. The van der Waals surface area contributed by atoms with Crippen LogP contribution in [0.15, 0.2) is 60.8 Å². The number of amides is 2. The van der Waals surface area contributed by atoms with Gasteiger partial charge in [0.05, 0.1) is 5.56 Å². The van der Waals surface area contributed by atoms with E-state index in [4.69, 9.17) is 17.3 Å². The molecule has 1 aromatic carbocycles. The van der Waals surface area contributed by atoms with E-state index < -0.39 is 17.8 Å². The van der Waals surface area contributed by atoms with Gasteiger partial charge in [-0.3, -0.25) is 19.8 Å². The van der Waals surface area contributed by atoms with Crippen molar-refractivity contribution in [2.24, 2.45) is 0 Å². The van der Waals surface area contributed by atoms with E-state index in [1.807, 2.05) is 0 Å². The van der Waals surface area contributed by atoms with Crippen LogP contribution in [0.25, 0.3) is 11.8 Å². The van der Waals surface area contributed by atoms with Crippen LogP contribution < -0.4 is 5.32 Å². The van der Waals surface area contributed by atoms with E-state index in [1.165, 1.54) is 29.2 Å². The second-order valence-electron chi connectivity index (χ2n) is 5.68. The van der Waals surface area contributed by atoms with Crippen LogP contribution in [0.4, 0.5) is 0 Å². The van der Waals surface area contributed by atoms with Crippen molar-refractivity contribution in [3.63, 3.8) is 0 Å². The average Bonchev–Trinajstić information content (AvgIpc) is 3.10. The van der Waals surface area contributed by atoms with Crippen LogP contribution in [0.5, 0.6) is 0 Å². The van der Waals surface area contributed by atoms with Gasteiger partial charge in [0.1, 0.15) is 5.57 Å². The molecule has 8 heteroatoms. The topological polar surface area (TPSA) is 91.6 Å². The molecule has 0 spiro atoms. The zero-order chi connectivity index (χ0) is 19.6. The minimum Gasteiger partial charge on any atom is -0.478 e. The van der Waals surface area contributed by atoms with E-state index in [-0.39, 0.29) is 22.8 Å². The lowest BCUT2D eigenvalue weighted by Crippen LogP contribution is -2.53. The van der Waals surface area contributed by atoms with Gasteiger partial charge in [0.25, 0.3) is 11.8 Å². The SMILES string of the molecule is C=CCN1C(=O)C(=Cc2cccn2-c2ccc(C(=O)O)cc2)C(=O)NC1=S. The van der Waals surface area contributed by atoms with Gasteiger partial charge >= 0.3 is 5.97 Å². The standard InChI is InChI=1S/C19H15N3O4S/c1-2-9-22-17(24)15(16(23)20-19(22)27)11-14-4-3-10-21(14)13-7-5-12(6-8-13)18(25)26/h2-8,10-11H,1,9H2,(H,25,26)(H,20,23,27). The van der Waals surface area contributed by atoms with Crippen molar-refractivity contribution in [3.05, 3.63) is 72.1 Å². The molecule has 2 aromatic rings. The number of hydrogen-bond donors (Lipinski definition) is 2. The second-order valence-corrected chi connectivity index (χ2v) is 6.06. The first kappa shape index (κ1) is 18.3. The van der Waals surface area contributed by atoms with Crippen LogP contribution in [0.3, 0.4) is 0 Å². The largest absolute Gasteiger partial charge is 0.478 e. The minimum absolute atomic E-state index is 0.0432. The van der Waals surface area contributed by atoms with Crippen LogP contribution in [-0.4, -0.2) is 44.0 Å². The fourth-order valence-electron chi connectivity index (χ4n) is 2.65. The molecule has 0 saturated carbocycles. The number of thiocarbonyl (C=S) groups is 1. The Morgan fingerprint density at radius 2 is 1.93 bits per heavy atom. The van der Waals surface area contributed by atoms with Crippen molar-refractivity contribution in [3.8, 4) is 5.69 Å². The molecule has 7 nitrogen and oxygen atoms in total. The molecule has 136 valence electrons. The molecule has 0 atom stereocenters. The number of hydrogen-bond acceptors (Lipinski definition) is 4. The molecule has 1 aliphatic rings. The van der Waals surface area contributed by atoms with E-state index >= 15 is 0 Å². The molecular weight excluding hydrogens is 366 g/mol. The van der Waals surface area contributed by atoms with Gasteiger partial charge in [-0.15, -0.1) is 6.58 Å². The molecule has 0 aliphatic carbocycles. The average molecular weight is 381 g/mol. The fraction of sp³-hybridized carbons (Fsp3) is 0.0526. The van der Waals surface area contributed by atoms with E-state index in [2.05, 4.69) is 11.9 Å². The molecule has 2 heterocycles. The minimum atomic E-state index is -1.01. The number of aromatic nitrogens is 1. The van der Waals surface area contributed by atoms with Crippen molar-refractivity contribution in [1.29, 1.82) is 0 Å². The van der Waals surface area contributed by atoms with E-state index in [0.29, 0.717) is 11.4 Å². The molecule has 2 amide bonds. The number of carboxylic acids is 1. The smallest absolute Gasteiger partial charge is 0.335 e. The predicted molar refractivity (Wildman–Crippen MR) is 103 cm³/mol. The lowest BCUT2D eigenvalue weighted by molar-refractivity contribution is -0.128. The van der Waals surface area contributed by atoms with Gasteiger partial charge in [0, 0.05) is 24.1 Å². The molecule has 0 bridgehead atoms. The molecule has 3 rings (SSSR count). The number of carbonyl (C=O) groups is 3. The Morgan fingerprint density at radius 3 is 2.56 bits per heavy atom.